The van der Waals surface area contributed by atoms with E-state index in [1.807, 2.05) is 12.1 Å². The number of carbonyl (C=O) groups is 1. The van der Waals surface area contributed by atoms with Crippen LogP contribution < -0.4 is 10.2 Å². The first-order chi connectivity index (χ1) is 11.8. The van der Waals surface area contributed by atoms with Gasteiger partial charge in [-0.25, -0.2) is 9.97 Å². The molecule has 126 valence electrons. The molecule has 7 heteroatoms. The summed E-state index contributed by atoms with van der Waals surface area (Å²) >= 11 is 0. The van der Waals surface area contributed by atoms with Crippen LogP contribution in [-0.2, 0) is 16.1 Å². The highest BCUT2D eigenvalue weighted by atomic mass is 16.5. The van der Waals surface area contributed by atoms with Crippen LogP contribution in [-0.4, -0.2) is 41.2 Å². The molecule has 2 aromatic heterocycles. The van der Waals surface area contributed by atoms with Crippen LogP contribution in [0, 0.1) is 5.92 Å². The van der Waals surface area contributed by atoms with Crippen LogP contribution in [0.3, 0.4) is 0 Å². The number of piperidine rings is 1. The summed E-state index contributed by atoms with van der Waals surface area (Å²) in [6, 6.07) is 5.71. The van der Waals surface area contributed by atoms with Crippen molar-refractivity contribution >= 4 is 11.9 Å². The van der Waals surface area contributed by atoms with Crippen molar-refractivity contribution in [3.8, 4) is 0 Å². The van der Waals surface area contributed by atoms with Crippen LogP contribution in [0.2, 0.25) is 0 Å². The molecule has 0 spiro atoms. The van der Waals surface area contributed by atoms with Gasteiger partial charge in [-0.3, -0.25) is 4.79 Å². The Labute approximate surface area is 140 Å². The van der Waals surface area contributed by atoms with Gasteiger partial charge in [0, 0.05) is 25.5 Å². The van der Waals surface area contributed by atoms with E-state index in [4.69, 9.17) is 9.15 Å². The Balaban J connectivity index is 1.47. The minimum absolute atomic E-state index is 0.0151. The van der Waals surface area contributed by atoms with Gasteiger partial charge < -0.3 is 19.4 Å². The number of carbonyl (C=O) groups excluding carboxylic acids is 1. The number of aromatic nitrogens is 2. The predicted molar refractivity (Wildman–Crippen MR) is 86.2 cm³/mol. The van der Waals surface area contributed by atoms with Crippen molar-refractivity contribution in [2.75, 3.05) is 18.1 Å². The van der Waals surface area contributed by atoms with Gasteiger partial charge in [0.15, 0.2) is 0 Å². The number of amides is 1. The van der Waals surface area contributed by atoms with Gasteiger partial charge in [0.1, 0.15) is 5.76 Å². The van der Waals surface area contributed by atoms with Gasteiger partial charge in [0.05, 0.1) is 30.9 Å². The van der Waals surface area contributed by atoms with Crippen molar-refractivity contribution in [3.05, 3.63) is 42.6 Å². The highest BCUT2D eigenvalue weighted by Gasteiger charge is 2.43. The Morgan fingerprint density at radius 1 is 1.33 bits per heavy atom. The summed E-state index contributed by atoms with van der Waals surface area (Å²) in [7, 11) is 0. The number of rotatable bonds is 4. The van der Waals surface area contributed by atoms with Crippen molar-refractivity contribution in [2.24, 2.45) is 5.92 Å². The molecule has 0 saturated carbocycles. The fraction of sp³-hybridized carbons (Fsp3) is 0.471. The zero-order valence-electron chi connectivity index (χ0n) is 13.3. The van der Waals surface area contributed by atoms with E-state index in [-0.39, 0.29) is 24.0 Å². The molecular formula is C17H20N4O3. The summed E-state index contributed by atoms with van der Waals surface area (Å²) in [5.41, 5.74) is 0. The third-order valence-corrected chi connectivity index (χ3v) is 4.71. The normalized spacial score (nSPS) is 26.2. The number of fused-ring (bicyclic) bond motifs is 1. The average molecular weight is 328 g/mol. The monoisotopic (exact) mass is 328 g/mol. The first kappa shape index (κ1) is 15.1. The molecule has 1 amide bonds. The molecule has 3 atom stereocenters. The largest absolute Gasteiger partial charge is 0.467 e. The summed E-state index contributed by atoms with van der Waals surface area (Å²) in [6.45, 7) is 1.73. The van der Waals surface area contributed by atoms with E-state index >= 15 is 0 Å². The second-order valence-electron chi connectivity index (χ2n) is 6.20. The fourth-order valence-electron chi connectivity index (χ4n) is 3.54. The van der Waals surface area contributed by atoms with Gasteiger partial charge in [-0.1, -0.05) is 0 Å². The molecule has 7 nitrogen and oxygen atoms in total. The Hall–Kier alpha value is -2.41. The number of hydrogen-bond donors (Lipinski definition) is 1. The second kappa shape index (κ2) is 6.60. The molecule has 2 aliphatic heterocycles. The summed E-state index contributed by atoms with van der Waals surface area (Å²) in [5, 5.41) is 2.95. The third kappa shape index (κ3) is 2.99. The van der Waals surface area contributed by atoms with Crippen molar-refractivity contribution in [1.29, 1.82) is 0 Å². The zero-order chi connectivity index (χ0) is 16.4. The van der Waals surface area contributed by atoms with Crippen molar-refractivity contribution in [3.63, 3.8) is 0 Å². The Kier molecular flexibility index (Phi) is 4.17. The highest BCUT2D eigenvalue weighted by molar-refractivity contribution is 5.79. The Morgan fingerprint density at radius 2 is 2.21 bits per heavy atom. The lowest BCUT2D eigenvalue weighted by Gasteiger charge is -2.40. The van der Waals surface area contributed by atoms with E-state index in [2.05, 4.69) is 20.2 Å². The first-order valence-corrected chi connectivity index (χ1v) is 8.26. The van der Waals surface area contributed by atoms with Gasteiger partial charge in [-0.2, -0.15) is 0 Å². The minimum atomic E-state index is -0.150. The zero-order valence-corrected chi connectivity index (χ0v) is 13.3. The molecule has 0 aromatic carbocycles. The van der Waals surface area contributed by atoms with E-state index in [1.54, 1.807) is 24.7 Å². The lowest BCUT2D eigenvalue weighted by molar-refractivity contribution is -0.126. The van der Waals surface area contributed by atoms with E-state index in [0.29, 0.717) is 19.0 Å². The number of nitrogens with zero attached hydrogens (tertiary/aromatic N) is 3. The molecule has 0 radical (unpaired) electrons. The standard InChI is InChI=1S/C17H20N4O3/c22-16(20-10-13-3-1-7-23-13)12-9-15-14(4-8-24-15)21(11-12)17-18-5-2-6-19-17/h1-3,5-7,12,14-15H,4,8-11H2,(H,20,22)/t12-,14-,15-/m1/s1. The minimum Gasteiger partial charge on any atom is -0.467 e. The molecular weight excluding hydrogens is 308 g/mol. The maximum Gasteiger partial charge on any atom is 0.225 e. The third-order valence-electron chi connectivity index (χ3n) is 4.71. The summed E-state index contributed by atoms with van der Waals surface area (Å²) in [4.78, 5) is 23.4. The van der Waals surface area contributed by atoms with Crippen molar-refractivity contribution in [1.82, 2.24) is 15.3 Å². The summed E-state index contributed by atoms with van der Waals surface area (Å²) in [6.07, 6.45) is 6.80. The molecule has 2 saturated heterocycles. The lowest BCUT2D eigenvalue weighted by Crippen LogP contribution is -2.53. The van der Waals surface area contributed by atoms with Gasteiger partial charge in [-0.05, 0) is 31.0 Å². The molecule has 2 fully saturated rings. The fourth-order valence-corrected chi connectivity index (χ4v) is 3.54. The van der Waals surface area contributed by atoms with Gasteiger partial charge in [0.25, 0.3) is 0 Å². The molecule has 4 heterocycles. The topological polar surface area (TPSA) is 80.5 Å². The molecule has 2 aliphatic rings. The van der Waals surface area contributed by atoms with Crippen molar-refractivity contribution < 1.29 is 13.9 Å². The molecule has 0 aliphatic carbocycles. The molecule has 0 bridgehead atoms. The molecule has 0 unspecified atom stereocenters. The summed E-state index contributed by atoms with van der Waals surface area (Å²) in [5.74, 6) is 1.28. The Bertz CT molecular complexity index is 676. The van der Waals surface area contributed by atoms with Gasteiger partial charge in [-0.15, -0.1) is 0 Å². The number of hydrogen-bond acceptors (Lipinski definition) is 6. The predicted octanol–water partition coefficient (Wildman–Crippen LogP) is 1.37. The van der Waals surface area contributed by atoms with Crippen LogP contribution in [0.4, 0.5) is 5.95 Å². The van der Waals surface area contributed by atoms with E-state index < -0.39 is 0 Å². The van der Waals surface area contributed by atoms with Crippen LogP contribution in [0.1, 0.15) is 18.6 Å². The summed E-state index contributed by atoms with van der Waals surface area (Å²) < 4.78 is 11.1. The van der Waals surface area contributed by atoms with Crippen LogP contribution in [0.25, 0.3) is 0 Å². The molecule has 24 heavy (non-hydrogen) atoms. The smallest absolute Gasteiger partial charge is 0.225 e. The number of nitrogens with one attached hydrogen (secondary N) is 1. The van der Waals surface area contributed by atoms with Gasteiger partial charge in [0.2, 0.25) is 11.9 Å². The number of furan rings is 1. The van der Waals surface area contributed by atoms with Crippen LogP contribution in [0.5, 0.6) is 0 Å². The molecule has 4 rings (SSSR count). The highest BCUT2D eigenvalue weighted by Crippen LogP contribution is 2.33. The number of ether oxygens (including phenoxy) is 1. The van der Waals surface area contributed by atoms with Crippen LogP contribution >= 0.6 is 0 Å². The second-order valence-corrected chi connectivity index (χ2v) is 6.20. The van der Waals surface area contributed by atoms with E-state index in [0.717, 1.165) is 25.2 Å². The van der Waals surface area contributed by atoms with E-state index in [9.17, 15) is 4.79 Å². The Morgan fingerprint density at radius 3 is 3.00 bits per heavy atom. The SMILES string of the molecule is O=C(NCc1ccco1)[C@@H]1C[C@H]2OCC[C@H]2N(c2ncccn2)C1. The molecule has 1 N–H and O–H groups in total. The quantitative estimate of drug-likeness (QED) is 0.913. The van der Waals surface area contributed by atoms with Crippen LogP contribution in [0.15, 0.2) is 41.3 Å². The first-order valence-electron chi connectivity index (χ1n) is 8.26. The maximum absolute atomic E-state index is 12.6. The van der Waals surface area contributed by atoms with Crippen molar-refractivity contribution in [2.45, 2.75) is 31.5 Å². The molecule has 2 aromatic rings. The van der Waals surface area contributed by atoms with Gasteiger partial charge >= 0.3 is 0 Å². The average Bonchev–Trinajstić information content (AvgIpc) is 3.31. The number of anilines is 1. The van der Waals surface area contributed by atoms with E-state index in [1.165, 1.54) is 0 Å². The maximum atomic E-state index is 12.6. The lowest BCUT2D eigenvalue weighted by atomic mass is 9.89.